The Balaban J connectivity index is 1.51. The van der Waals surface area contributed by atoms with Crippen LogP contribution in [0.5, 0.6) is 0 Å². The molecule has 1 unspecified atom stereocenters. The fourth-order valence-corrected chi connectivity index (χ4v) is 4.29. The van der Waals surface area contributed by atoms with Crippen LogP contribution in [0.2, 0.25) is 0 Å². The summed E-state index contributed by atoms with van der Waals surface area (Å²) in [7, 11) is 0. The highest BCUT2D eigenvalue weighted by Gasteiger charge is 2.22. The van der Waals surface area contributed by atoms with E-state index in [0.717, 1.165) is 57.3 Å². The van der Waals surface area contributed by atoms with E-state index in [9.17, 15) is 0 Å². The van der Waals surface area contributed by atoms with Crippen LogP contribution in [0.15, 0.2) is 23.3 Å². The van der Waals surface area contributed by atoms with Crippen LogP contribution in [-0.4, -0.2) is 67.2 Å². The highest BCUT2D eigenvalue weighted by Crippen LogP contribution is 2.19. The summed E-state index contributed by atoms with van der Waals surface area (Å²) in [4.78, 5) is 14.5. The molecule has 0 saturated carbocycles. The predicted octanol–water partition coefficient (Wildman–Crippen LogP) is 2.79. The molecule has 2 N–H and O–H groups in total. The van der Waals surface area contributed by atoms with Gasteiger partial charge in [0.1, 0.15) is 5.82 Å². The molecular formula is C22H38N6. The van der Waals surface area contributed by atoms with Crippen molar-refractivity contribution in [1.29, 1.82) is 0 Å². The number of guanidine groups is 1. The molecule has 6 nitrogen and oxygen atoms in total. The highest BCUT2D eigenvalue weighted by atomic mass is 15.2. The van der Waals surface area contributed by atoms with E-state index >= 15 is 0 Å². The van der Waals surface area contributed by atoms with Gasteiger partial charge in [0.25, 0.3) is 0 Å². The lowest BCUT2D eigenvalue weighted by molar-refractivity contribution is 0.161. The van der Waals surface area contributed by atoms with Crippen molar-refractivity contribution < 1.29 is 0 Å². The van der Waals surface area contributed by atoms with E-state index in [2.05, 4.69) is 58.3 Å². The Morgan fingerprint density at radius 1 is 1.14 bits per heavy atom. The highest BCUT2D eigenvalue weighted by molar-refractivity contribution is 5.80. The number of hydrogen-bond acceptors (Lipinski definition) is 4. The Kier molecular flexibility index (Phi) is 7.95. The van der Waals surface area contributed by atoms with Crippen molar-refractivity contribution in [1.82, 2.24) is 20.5 Å². The van der Waals surface area contributed by atoms with Crippen molar-refractivity contribution in [3.05, 3.63) is 23.9 Å². The van der Waals surface area contributed by atoms with Gasteiger partial charge in [0.2, 0.25) is 0 Å². The minimum atomic E-state index is 0.480. The molecule has 2 aliphatic heterocycles. The zero-order valence-corrected chi connectivity index (χ0v) is 18.0. The largest absolute Gasteiger partial charge is 0.357 e. The number of likely N-dealkylation sites (N-methyl/N-ethyl adjacent to an activating group) is 1. The first-order valence-electron chi connectivity index (χ1n) is 11.2. The fourth-order valence-electron chi connectivity index (χ4n) is 4.29. The summed E-state index contributed by atoms with van der Waals surface area (Å²) in [5.41, 5.74) is 1.21. The van der Waals surface area contributed by atoms with Gasteiger partial charge in [-0.1, -0.05) is 19.4 Å². The van der Waals surface area contributed by atoms with Crippen LogP contribution in [-0.2, 0) is 0 Å². The van der Waals surface area contributed by atoms with E-state index in [0.29, 0.717) is 12.1 Å². The van der Waals surface area contributed by atoms with Crippen LogP contribution in [0, 0.1) is 6.92 Å². The maximum Gasteiger partial charge on any atom is 0.191 e. The first kappa shape index (κ1) is 20.9. The number of rotatable bonds is 6. The number of hydrogen-bond donors (Lipinski definition) is 2. The van der Waals surface area contributed by atoms with E-state index in [-0.39, 0.29) is 0 Å². The van der Waals surface area contributed by atoms with E-state index in [4.69, 9.17) is 4.99 Å². The predicted molar refractivity (Wildman–Crippen MR) is 118 cm³/mol. The van der Waals surface area contributed by atoms with Crippen LogP contribution < -0.4 is 15.5 Å². The normalized spacial score (nSPS) is 22.3. The van der Waals surface area contributed by atoms with E-state index in [1.165, 1.54) is 31.4 Å². The monoisotopic (exact) mass is 386 g/mol. The maximum absolute atomic E-state index is 4.94. The average Bonchev–Trinajstić information content (AvgIpc) is 2.73. The molecule has 0 spiro atoms. The molecule has 0 radical (unpaired) electrons. The molecule has 156 valence electrons. The SMILES string of the molecule is CCNC(=NCC1CCCCN1CC)NC1CCN(c2ccc(C)cn2)CC1. The Morgan fingerprint density at radius 3 is 2.64 bits per heavy atom. The molecule has 1 aromatic rings. The molecule has 0 bridgehead atoms. The maximum atomic E-state index is 4.94. The van der Waals surface area contributed by atoms with Crippen molar-refractivity contribution in [3.8, 4) is 0 Å². The van der Waals surface area contributed by atoms with Crippen LogP contribution in [0.25, 0.3) is 0 Å². The number of anilines is 1. The Morgan fingerprint density at radius 2 is 1.96 bits per heavy atom. The summed E-state index contributed by atoms with van der Waals surface area (Å²) < 4.78 is 0. The molecule has 28 heavy (non-hydrogen) atoms. The molecule has 0 aromatic carbocycles. The topological polar surface area (TPSA) is 55.8 Å². The zero-order chi connectivity index (χ0) is 19.8. The van der Waals surface area contributed by atoms with Gasteiger partial charge >= 0.3 is 0 Å². The Labute approximate surface area is 170 Å². The van der Waals surface area contributed by atoms with Crippen molar-refractivity contribution in [3.63, 3.8) is 0 Å². The summed E-state index contributed by atoms with van der Waals surface area (Å²) in [6.45, 7) is 12.7. The van der Waals surface area contributed by atoms with Gasteiger partial charge in [-0.2, -0.15) is 0 Å². The second kappa shape index (κ2) is 10.6. The lowest BCUT2D eigenvalue weighted by Gasteiger charge is -2.35. The molecule has 1 aromatic heterocycles. The van der Waals surface area contributed by atoms with Gasteiger partial charge < -0.3 is 15.5 Å². The molecular weight excluding hydrogens is 348 g/mol. The fraction of sp³-hybridized carbons (Fsp3) is 0.727. The molecule has 2 aliphatic rings. The van der Waals surface area contributed by atoms with E-state index < -0.39 is 0 Å². The third-order valence-electron chi connectivity index (χ3n) is 6.02. The minimum absolute atomic E-state index is 0.480. The number of pyridine rings is 1. The van der Waals surface area contributed by atoms with Gasteiger partial charge in [-0.3, -0.25) is 9.89 Å². The quantitative estimate of drug-likeness (QED) is 0.582. The van der Waals surface area contributed by atoms with Gasteiger partial charge in [0.15, 0.2) is 5.96 Å². The molecule has 3 rings (SSSR count). The number of aryl methyl sites for hydroxylation is 1. The third-order valence-corrected chi connectivity index (χ3v) is 6.02. The van der Waals surface area contributed by atoms with Crippen LogP contribution in [0.4, 0.5) is 5.82 Å². The third kappa shape index (κ3) is 5.84. The molecule has 6 heteroatoms. The van der Waals surface area contributed by atoms with Crippen molar-refractivity contribution in [2.75, 3.05) is 44.2 Å². The number of aliphatic imine (C=N–C) groups is 1. The summed E-state index contributed by atoms with van der Waals surface area (Å²) in [6.07, 6.45) is 8.14. The standard InChI is InChI=1S/C22H38N6/c1-4-23-22(25-17-20-8-6-7-13-27(20)5-2)26-19-11-14-28(15-12-19)21-10-9-18(3)16-24-21/h9-10,16,19-20H,4-8,11-15,17H2,1-3H3,(H2,23,25,26). The second-order valence-corrected chi connectivity index (χ2v) is 8.10. The summed E-state index contributed by atoms with van der Waals surface area (Å²) in [6, 6.07) is 5.36. The van der Waals surface area contributed by atoms with Gasteiger partial charge in [-0.25, -0.2) is 4.98 Å². The van der Waals surface area contributed by atoms with Gasteiger partial charge in [-0.05, 0) is 64.3 Å². The molecule has 0 aliphatic carbocycles. The van der Waals surface area contributed by atoms with Gasteiger partial charge in [0.05, 0.1) is 6.54 Å². The van der Waals surface area contributed by atoms with Crippen molar-refractivity contribution >= 4 is 11.8 Å². The van der Waals surface area contributed by atoms with Crippen molar-refractivity contribution in [2.45, 2.75) is 65.0 Å². The lowest BCUT2D eigenvalue weighted by Crippen LogP contribution is -2.49. The number of nitrogens with one attached hydrogen (secondary N) is 2. The first-order valence-corrected chi connectivity index (χ1v) is 11.2. The summed E-state index contributed by atoms with van der Waals surface area (Å²) in [5, 5.41) is 7.13. The number of nitrogens with zero attached hydrogens (tertiary/aromatic N) is 4. The molecule has 0 amide bonds. The first-order chi connectivity index (χ1) is 13.7. The number of piperidine rings is 2. The smallest absolute Gasteiger partial charge is 0.191 e. The Hall–Kier alpha value is -1.82. The minimum Gasteiger partial charge on any atom is -0.357 e. The molecule has 2 saturated heterocycles. The molecule has 3 heterocycles. The van der Waals surface area contributed by atoms with E-state index in [1.807, 2.05) is 6.20 Å². The average molecular weight is 387 g/mol. The molecule has 2 fully saturated rings. The Bertz CT molecular complexity index is 606. The number of aromatic nitrogens is 1. The van der Waals surface area contributed by atoms with Crippen molar-refractivity contribution in [2.24, 2.45) is 4.99 Å². The number of likely N-dealkylation sites (tertiary alicyclic amines) is 1. The second-order valence-electron chi connectivity index (χ2n) is 8.10. The van der Waals surface area contributed by atoms with Crippen LogP contribution >= 0.6 is 0 Å². The lowest BCUT2D eigenvalue weighted by atomic mass is 10.0. The van der Waals surface area contributed by atoms with Crippen LogP contribution in [0.3, 0.4) is 0 Å². The zero-order valence-electron chi connectivity index (χ0n) is 18.0. The van der Waals surface area contributed by atoms with Gasteiger partial charge in [-0.15, -0.1) is 0 Å². The van der Waals surface area contributed by atoms with Crippen LogP contribution in [0.1, 0.15) is 51.5 Å². The van der Waals surface area contributed by atoms with Gasteiger partial charge in [0, 0.05) is 37.9 Å². The molecule has 1 atom stereocenters. The summed E-state index contributed by atoms with van der Waals surface area (Å²) >= 11 is 0. The summed E-state index contributed by atoms with van der Waals surface area (Å²) in [5.74, 6) is 2.08. The van der Waals surface area contributed by atoms with E-state index in [1.54, 1.807) is 0 Å².